The molecule has 1 aliphatic rings. The van der Waals surface area contributed by atoms with Crippen LogP contribution < -0.4 is 0 Å². The molecule has 0 aliphatic carbocycles. The Bertz CT molecular complexity index is 660. The van der Waals surface area contributed by atoms with Gasteiger partial charge in [-0.1, -0.05) is 60.2 Å². The van der Waals surface area contributed by atoms with Crippen molar-refractivity contribution in [1.29, 1.82) is 0 Å². The van der Waals surface area contributed by atoms with Gasteiger partial charge in [0.05, 0.1) is 4.91 Å². The van der Waals surface area contributed by atoms with Gasteiger partial charge in [-0.3, -0.25) is 14.5 Å². The van der Waals surface area contributed by atoms with Crippen molar-refractivity contribution in [2.75, 3.05) is 6.54 Å². The number of carbonyl (C=O) groups excluding carboxylic acids is 1. The molecule has 23 heavy (non-hydrogen) atoms. The zero-order valence-electron chi connectivity index (χ0n) is 12.3. The number of aliphatic carboxylic acids is 1. The van der Waals surface area contributed by atoms with Crippen LogP contribution in [-0.2, 0) is 9.59 Å². The number of thioether (sulfide) groups is 1. The summed E-state index contributed by atoms with van der Waals surface area (Å²) in [7, 11) is 0. The summed E-state index contributed by atoms with van der Waals surface area (Å²) in [5, 5.41) is 9.19. The molecule has 1 heterocycles. The molecule has 1 N–H and O–H groups in total. The lowest BCUT2D eigenvalue weighted by Gasteiger charge is -2.13. The van der Waals surface area contributed by atoms with Crippen LogP contribution in [0, 0.1) is 0 Å². The maximum Gasteiger partial charge on any atom is 0.303 e. The van der Waals surface area contributed by atoms with Crippen LogP contribution in [0.4, 0.5) is 0 Å². The molecule has 0 bridgehead atoms. The van der Waals surface area contributed by atoms with Gasteiger partial charge in [-0.2, -0.15) is 0 Å². The predicted octanol–water partition coefficient (Wildman–Crippen LogP) is 4.19. The highest BCUT2D eigenvalue weighted by molar-refractivity contribution is 8.26. The van der Waals surface area contributed by atoms with Gasteiger partial charge >= 0.3 is 5.97 Å². The first kappa shape index (κ1) is 18.0. The molecule has 1 fully saturated rings. The van der Waals surface area contributed by atoms with Crippen molar-refractivity contribution in [1.82, 2.24) is 4.90 Å². The monoisotopic (exact) mass is 369 g/mol. The largest absolute Gasteiger partial charge is 0.481 e. The van der Waals surface area contributed by atoms with E-state index in [1.165, 1.54) is 11.8 Å². The van der Waals surface area contributed by atoms with E-state index < -0.39 is 5.97 Å². The van der Waals surface area contributed by atoms with Gasteiger partial charge in [0.15, 0.2) is 0 Å². The average molecular weight is 370 g/mol. The molecular formula is C16H16ClNO3S2. The zero-order chi connectivity index (χ0) is 16.8. The Hall–Kier alpha value is -1.37. The van der Waals surface area contributed by atoms with E-state index in [-0.39, 0.29) is 12.3 Å². The Morgan fingerprint density at radius 3 is 2.74 bits per heavy atom. The van der Waals surface area contributed by atoms with Crippen molar-refractivity contribution in [3.05, 3.63) is 39.8 Å². The number of carboxylic acid groups (broad SMARTS) is 1. The van der Waals surface area contributed by atoms with Gasteiger partial charge in [-0.05, 0) is 30.5 Å². The Morgan fingerprint density at radius 2 is 2.04 bits per heavy atom. The molecule has 0 saturated carbocycles. The molecule has 0 unspecified atom stereocenters. The normalized spacial score (nSPS) is 16.4. The maximum atomic E-state index is 12.4. The third-order valence-electron chi connectivity index (χ3n) is 3.34. The van der Waals surface area contributed by atoms with Gasteiger partial charge in [0.1, 0.15) is 4.32 Å². The van der Waals surface area contributed by atoms with Crippen LogP contribution in [0.5, 0.6) is 0 Å². The van der Waals surface area contributed by atoms with E-state index in [0.717, 1.165) is 18.4 Å². The number of thiocarbonyl (C=S) groups is 1. The summed E-state index contributed by atoms with van der Waals surface area (Å²) in [5.74, 6) is -0.906. The summed E-state index contributed by atoms with van der Waals surface area (Å²) in [5.41, 5.74) is 0.788. The van der Waals surface area contributed by atoms with Crippen molar-refractivity contribution in [3.8, 4) is 0 Å². The summed E-state index contributed by atoms with van der Waals surface area (Å²) in [4.78, 5) is 25.0. The number of benzene rings is 1. The summed E-state index contributed by atoms with van der Waals surface area (Å²) >= 11 is 12.6. The van der Waals surface area contributed by atoms with Crippen LogP contribution >= 0.6 is 35.6 Å². The fourth-order valence-electron chi connectivity index (χ4n) is 2.15. The van der Waals surface area contributed by atoms with Crippen molar-refractivity contribution < 1.29 is 14.7 Å². The first-order valence-corrected chi connectivity index (χ1v) is 8.81. The smallest absolute Gasteiger partial charge is 0.303 e. The molecule has 1 aromatic rings. The topological polar surface area (TPSA) is 57.6 Å². The van der Waals surface area contributed by atoms with E-state index in [1.807, 2.05) is 18.2 Å². The summed E-state index contributed by atoms with van der Waals surface area (Å²) in [6.07, 6.45) is 4.02. The van der Waals surface area contributed by atoms with Gasteiger partial charge in [0.25, 0.3) is 5.91 Å². The second-order valence-electron chi connectivity index (χ2n) is 5.06. The number of rotatable bonds is 7. The predicted molar refractivity (Wildman–Crippen MR) is 97.4 cm³/mol. The third kappa shape index (κ3) is 5.06. The van der Waals surface area contributed by atoms with E-state index in [1.54, 1.807) is 17.0 Å². The molecule has 0 radical (unpaired) electrons. The lowest BCUT2D eigenvalue weighted by Crippen LogP contribution is -2.29. The van der Waals surface area contributed by atoms with Crippen molar-refractivity contribution in [2.24, 2.45) is 0 Å². The molecule has 0 spiro atoms. The summed E-state index contributed by atoms with van der Waals surface area (Å²) in [6, 6.07) is 7.32. The summed E-state index contributed by atoms with van der Waals surface area (Å²) < 4.78 is 0.534. The minimum absolute atomic E-state index is 0.113. The molecule has 122 valence electrons. The first-order valence-electron chi connectivity index (χ1n) is 7.20. The third-order valence-corrected chi connectivity index (χ3v) is 5.06. The minimum atomic E-state index is -0.793. The molecule has 1 aliphatic heterocycles. The van der Waals surface area contributed by atoms with Crippen molar-refractivity contribution >= 4 is 57.9 Å². The highest BCUT2D eigenvalue weighted by atomic mass is 35.5. The number of carbonyl (C=O) groups is 2. The van der Waals surface area contributed by atoms with Crippen LogP contribution in [0.1, 0.15) is 31.2 Å². The number of carboxylic acids is 1. The van der Waals surface area contributed by atoms with Gasteiger partial charge in [-0.15, -0.1) is 0 Å². The number of hydrogen-bond acceptors (Lipinski definition) is 4. The van der Waals surface area contributed by atoms with Gasteiger partial charge in [0, 0.05) is 18.0 Å². The van der Waals surface area contributed by atoms with Gasteiger partial charge < -0.3 is 5.11 Å². The standard InChI is InChI=1S/C16H16ClNO3S2/c17-12-7-4-3-6-11(12)10-13-15(21)18(16(22)23-13)9-5-1-2-8-14(19)20/h3-4,6-7,10H,1-2,5,8-9H2,(H,19,20)/b13-10+. The number of unbranched alkanes of at least 4 members (excludes halogenated alkanes) is 2. The Morgan fingerprint density at radius 1 is 1.30 bits per heavy atom. The van der Waals surface area contributed by atoms with Gasteiger partial charge in [-0.25, -0.2) is 0 Å². The Balaban J connectivity index is 1.95. The summed E-state index contributed by atoms with van der Waals surface area (Å²) in [6.45, 7) is 0.518. The van der Waals surface area contributed by atoms with Gasteiger partial charge in [0.2, 0.25) is 0 Å². The van der Waals surface area contributed by atoms with E-state index in [0.29, 0.717) is 27.2 Å². The molecule has 1 aromatic carbocycles. The van der Waals surface area contributed by atoms with Crippen LogP contribution in [0.15, 0.2) is 29.2 Å². The lowest BCUT2D eigenvalue weighted by atomic mass is 10.2. The Kier molecular flexibility index (Phi) is 6.62. The molecule has 4 nitrogen and oxygen atoms in total. The first-order chi connectivity index (χ1) is 11.0. The zero-order valence-corrected chi connectivity index (χ0v) is 14.7. The van der Waals surface area contributed by atoms with E-state index in [9.17, 15) is 9.59 Å². The number of hydrogen-bond donors (Lipinski definition) is 1. The van der Waals surface area contributed by atoms with Crippen LogP contribution in [0.25, 0.3) is 6.08 Å². The maximum absolute atomic E-state index is 12.4. The number of nitrogens with zero attached hydrogens (tertiary/aromatic N) is 1. The SMILES string of the molecule is O=C(O)CCCCCN1C(=O)/C(=C\c2ccccc2Cl)SC1=S. The average Bonchev–Trinajstić information content (AvgIpc) is 2.76. The fraction of sp³-hybridized carbons (Fsp3) is 0.312. The lowest BCUT2D eigenvalue weighted by molar-refractivity contribution is -0.137. The molecule has 0 aromatic heterocycles. The van der Waals surface area contributed by atoms with E-state index in [2.05, 4.69) is 0 Å². The molecular weight excluding hydrogens is 354 g/mol. The van der Waals surface area contributed by atoms with Crippen molar-refractivity contribution in [3.63, 3.8) is 0 Å². The quantitative estimate of drug-likeness (QED) is 0.443. The molecule has 1 saturated heterocycles. The van der Waals surface area contributed by atoms with E-state index >= 15 is 0 Å². The van der Waals surface area contributed by atoms with Crippen LogP contribution in [-0.4, -0.2) is 32.7 Å². The molecule has 1 amide bonds. The van der Waals surface area contributed by atoms with Crippen molar-refractivity contribution in [2.45, 2.75) is 25.7 Å². The second kappa shape index (κ2) is 8.47. The highest BCUT2D eigenvalue weighted by Crippen LogP contribution is 2.33. The molecule has 0 atom stereocenters. The minimum Gasteiger partial charge on any atom is -0.481 e. The molecule has 2 rings (SSSR count). The molecule has 7 heteroatoms. The Labute approximate surface area is 149 Å². The fourth-order valence-corrected chi connectivity index (χ4v) is 3.64. The number of halogens is 1. The van der Waals surface area contributed by atoms with E-state index in [4.69, 9.17) is 28.9 Å². The van der Waals surface area contributed by atoms with Crippen LogP contribution in [0.2, 0.25) is 5.02 Å². The van der Waals surface area contributed by atoms with Crippen LogP contribution in [0.3, 0.4) is 0 Å². The highest BCUT2D eigenvalue weighted by Gasteiger charge is 2.31. The number of amides is 1. The second-order valence-corrected chi connectivity index (χ2v) is 7.14.